The van der Waals surface area contributed by atoms with Crippen LogP contribution in [0.15, 0.2) is 45.3 Å². The molecule has 0 N–H and O–H groups in total. The third-order valence-electron chi connectivity index (χ3n) is 4.43. The number of aryl methyl sites for hydroxylation is 1. The molecular weight excluding hydrogens is 481 g/mol. The van der Waals surface area contributed by atoms with Crippen LogP contribution in [-0.2, 0) is 17.8 Å². The number of rotatable bonds is 7. The van der Waals surface area contributed by atoms with E-state index in [4.69, 9.17) is 21.1 Å². The molecule has 1 heterocycles. The second-order valence-corrected chi connectivity index (χ2v) is 8.44. The average Bonchev–Trinajstić information content (AvgIpc) is 2.63. The van der Waals surface area contributed by atoms with Gasteiger partial charge in [0.05, 0.1) is 22.2 Å². The molecule has 6 heteroatoms. The number of halogens is 3. The van der Waals surface area contributed by atoms with E-state index in [9.17, 15) is 0 Å². The molecule has 0 atom stereocenters. The van der Waals surface area contributed by atoms with Crippen LogP contribution in [0, 0.1) is 0 Å². The summed E-state index contributed by atoms with van der Waals surface area (Å²) in [5.41, 5.74) is 2.27. The van der Waals surface area contributed by atoms with Crippen molar-refractivity contribution in [1.29, 1.82) is 0 Å². The summed E-state index contributed by atoms with van der Waals surface area (Å²) in [6.07, 6.45) is 2.18. The fourth-order valence-corrected chi connectivity index (χ4v) is 4.69. The highest BCUT2D eigenvalue weighted by atomic mass is 79.9. The van der Waals surface area contributed by atoms with Crippen LogP contribution in [-0.4, -0.2) is 37.7 Å². The van der Waals surface area contributed by atoms with Gasteiger partial charge in [-0.2, -0.15) is 0 Å². The normalized spacial score (nSPS) is 15.2. The third-order valence-corrected chi connectivity index (χ3v) is 5.98. The minimum Gasteiger partial charge on any atom is -0.486 e. The molecular formula is C20H22Br2ClNO2. The van der Waals surface area contributed by atoms with E-state index in [-0.39, 0.29) is 0 Å². The van der Waals surface area contributed by atoms with Crippen LogP contribution in [0.3, 0.4) is 0 Å². The summed E-state index contributed by atoms with van der Waals surface area (Å²) >= 11 is 13.5. The molecule has 0 saturated carbocycles. The molecule has 0 unspecified atom stereocenters. The molecule has 140 valence electrons. The van der Waals surface area contributed by atoms with Crippen LogP contribution in [0.25, 0.3) is 0 Å². The van der Waals surface area contributed by atoms with E-state index in [1.54, 1.807) is 0 Å². The van der Waals surface area contributed by atoms with Gasteiger partial charge in [-0.15, -0.1) is 0 Å². The SMILES string of the molecule is Clc1ccccc1COc1c(Br)cc(CCCN2CCOCC2)cc1Br. The molecule has 3 rings (SSSR count). The zero-order valence-electron chi connectivity index (χ0n) is 14.5. The van der Waals surface area contributed by atoms with Gasteiger partial charge in [0.25, 0.3) is 0 Å². The molecule has 1 aliphatic heterocycles. The molecule has 0 aliphatic carbocycles. The van der Waals surface area contributed by atoms with Crippen molar-refractivity contribution in [3.05, 3.63) is 61.5 Å². The maximum absolute atomic E-state index is 6.20. The maximum atomic E-state index is 6.20. The van der Waals surface area contributed by atoms with E-state index < -0.39 is 0 Å². The van der Waals surface area contributed by atoms with Crippen LogP contribution in [0.2, 0.25) is 5.02 Å². The first kappa shape index (κ1) is 20.2. The van der Waals surface area contributed by atoms with Gasteiger partial charge in [0.15, 0.2) is 0 Å². The van der Waals surface area contributed by atoms with Crippen LogP contribution >= 0.6 is 43.5 Å². The molecule has 0 aromatic heterocycles. The number of hydrogen-bond acceptors (Lipinski definition) is 3. The summed E-state index contributed by atoms with van der Waals surface area (Å²) in [5, 5.41) is 0.722. The molecule has 26 heavy (non-hydrogen) atoms. The Kier molecular flexibility index (Phi) is 7.82. The summed E-state index contributed by atoms with van der Waals surface area (Å²) in [4.78, 5) is 2.47. The highest BCUT2D eigenvalue weighted by molar-refractivity contribution is 9.11. The van der Waals surface area contributed by atoms with E-state index in [0.29, 0.717) is 6.61 Å². The van der Waals surface area contributed by atoms with Gasteiger partial charge in [0.2, 0.25) is 0 Å². The smallest absolute Gasteiger partial charge is 0.148 e. The predicted molar refractivity (Wildman–Crippen MR) is 113 cm³/mol. The fraction of sp³-hybridized carbons (Fsp3) is 0.400. The number of ether oxygens (including phenoxy) is 2. The topological polar surface area (TPSA) is 21.7 Å². The van der Waals surface area contributed by atoms with E-state index in [2.05, 4.69) is 48.9 Å². The Hall–Kier alpha value is -0.590. The first-order valence-electron chi connectivity index (χ1n) is 8.77. The molecule has 2 aromatic rings. The molecule has 2 aromatic carbocycles. The third kappa shape index (κ3) is 5.70. The largest absolute Gasteiger partial charge is 0.486 e. The molecule has 3 nitrogen and oxygen atoms in total. The summed E-state index contributed by atoms with van der Waals surface area (Å²) in [6, 6.07) is 12.0. The first-order chi connectivity index (χ1) is 12.6. The van der Waals surface area contributed by atoms with Gasteiger partial charge in [0.1, 0.15) is 12.4 Å². The van der Waals surface area contributed by atoms with Gasteiger partial charge < -0.3 is 9.47 Å². The minimum absolute atomic E-state index is 0.438. The summed E-state index contributed by atoms with van der Waals surface area (Å²) in [7, 11) is 0. The lowest BCUT2D eigenvalue weighted by atomic mass is 10.1. The van der Waals surface area contributed by atoms with Gasteiger partial charge in [0, 0.05) is 23.7 Å². The first-order valence-corrected chi connectivity index (χ1v) is 10.7. The summed E-state index contributed by atoms with van der Waals surface area (Å²) < 4.78 is 13.3. The average molecular weight is 504 g/mol. The number of hydrogen-bond donors (Lipinski definition) is 0. The van der Waals surface area contributed by atoms with E-state index in [0.717, 1.165) is 71.0 Å². The Morgan fingerprint density at radius 1 is 1.08 bits per heavy atom. The quantitative estimate of drug-likeness (QED) is 0.483. The van der Waals surface area contributed by atoms with Crippen LogP contribution in [0.4, 0.5) is 0 Å². The van der Waals surface area contributed by atoms with Gasteiger partial charge in [-0.25, -0.2) is 0 Å². The summed E-state index contributed by atoms with van der Waals surface area (Å²) in [5.74, 6) is 0.807. The van der Waals surface area contributed by atoms with Crippen molar-refractivity contribution in [3.8, 4) is 5.75 Å². The van der Waals surface area contributed by atoms with Crippen molar-refractivity contribution in [2.24, 2.45) is 0 Å². The van der Waals surface area contributed by atoms with Crippen molar-refractivity contribution in [1.82, 2.24) is 4.90 Å². The van der Waals surface area contributed by atoms with Crippen LogP contribution < -0.4 is 4.74 Å². The Labute approximate surface area is 176 Å². The highest BCUT2D eigenvalue weighted by Gasteiger charge is 2.12. The van der Waals surface area contributed by atoms with E-state index >= 15 is 0 Å². The second-order valence-electron chi connectivity index (χ2n) is 6.33. The van der Waals surface area contributed by atoms with Gasteiger partial charge in [-0.05, 0) is 75.0 Å². The number of morpholine rings is 1. The number of benzene rings is 2. The molecule has 1 fully saturated rings. The Balaban J connectivity index is 1.56. The standard InChI is InChI=1S/C20H22Br2ClNO2/c21-17-12-15(4-3-7-24-8-10-25-11-9-24)13-18(22)20(17)26-14-16-5-1-2-6-19(16)23/h1-2,5-6,12-13H,3-4,7-11,14H2. The highest BCUT2D eigenvalue weighted by Crippen LogP contribution is 2.36. The fourth-order valence-electron chi connectivity index (χ4n) is 2.99. The zero-order valence-corrected chi connectivity index (χ0v) is 18.4. The zero-order chi connectivity index (χ0) is 18.4. The predicted octanol–water partition coefficient (Wildman–Crippen LogP) is 5.71. The van der Waals surface area contributed by atoms with Crippen molar-refractivity contribution >= 4 is 43.5 Å². The second kappa shape index (κ2) is 10.1. The van der Waals surface area contributed by atoms with Gasteiger partial charge >= 0.3 is 0 Å². The summed E-state index contributed by atoms with van der Waals surface area (Å²) in [6.45, 7) is 5.35. The minimum atomic E-state index is 0.438. The molecule has 0 amide bonds. The van der Waals surface area contributed by atoms with Crippen LogP contribution in [0.5, 0.6) is 5.75 Å². The lowest BCUT2D eigenvalue weighted by Crippen LogP contribution is -2.36. The number of nitrogens with zero attached hydrogens (tertiary/aromatic N) is 1. The lowest BCUT2D eigenvalue weighted by molar-refractivity contribution is 0.0374. The molecule has 1 saturated heterocycles. The Morgan fingerprint density at radius 2 is 1.77 bits per heavy atom. The van der Waals surface area contributed by atoms with Crippen molar-refractivity contribution in [2.75, 3.05) is 32.8 Å². The van der Waals surface area contributed by atoms with E-state index in [1.807, 2.05) is 24.3 Å². The van der Waals surface area contributed by atoms with Crippen LogP contribution in [0.1, 0.15) is 17.5 Å². The van der Waals surface area contributed by atoms with Crippen molar-refractivity contribution in [2.45, 2.75) is 19.4 Å². The molecule has 0 radical (unpaired) electrons. The molecule has 0 bridgehead atoms. The maximum Gasteiger partial charge on any atom is 0.148 e. The Bertz CT molecular complexity index is 712. The lowest BCUT2D eigenvalue weighted by Gasteiger charge is -2.26. The van der Waals surface area contributed by atoms with Crippen molar-refractivity contribution < 1.29 is 9.47 Å². The Morgan fingerprint density at radius 3 is 2.46 bits per heavy atom. The monoisotopic (exact) mass is 501 g/mol. The molecule has 0 spiro atoms. The molecule has 1 aliphatic rings. The van der Waals surface area contributed by atoms with Crippen molar-refractivity contribution in [3.63, 3.8) is 0 Å². The van der Waals surface area contributed by atoms with Gasteiger partial charge in [-0.1, -0.05) is 29.8 Å². The van der Waals surface area contributed by atoms with E-state index in [1.165, 1.54) is 5.56 Å². The van der Waals surface area contributed by atoms with Gasteiger partial charge in [-0.3, -0.25) is 4.90 Å².